The normalized spacial score (nSPS) is 16.0. The predicted molar refractivity (Wildman–Crippen MR) is 99.5 cm³/mol. The predicted octanol–water partition coefficient (Wildman–Crippen LogP) is 3.10. The highest BCUT2D eigenvalue weighted by Gasteiger charge is 2.20. The second-order valence-electron chi connectivity index (χ2n) is 6.35. The molecule has 0 atom stereocenters. The van der Waals surface area contributed by atoms with E-state index in [9.17, 15) is 0 Å². The third-order valence-electron chi connectivity index (χ3n) is 4.51. The maximum atomic E-state index is 6.19. The Labute approximate surface area is 157 Å². The molecule has 0 saturated carbocycles. The van der Waals surface area contributed by atoms with E-state index >= 15 is 0 Å². The van der Waals surface area contributed by atoms with Crippen LogP contribution in [0.1, 0.15) is 11.6 Å². The van der Waals surface area contributed by atoms with Gasteiger partial charge in [-0.25, -0.2) is 0 Å². The van der Waals surface area contributed by atoms with Gasteiger partial charge in [0.25, 0.3) is 0 Å². The van der Waals surface area contributed by atoms with Crippen LogP contribution in [-0.2, 0) is 13.1 Å². The maximum absolute atomic E-state index is 6.19. The zero-order chi connectivity index (χ0) is 17.8. The van der Waals surface area contributed by atoms with Gasteiger partial charge in [-0.3, -0.25) is 14.8 Å². The molecule has 1 aromatic carbocycles. The van der Waals surface area contributed by atoms with Gasteiger partial charge in [0.15, 0.2) is 0 Å². The van der Waals surface area contributed by atoms with E-state index in [4.69, 9.17) is 16.0 Å². The van der Waals surface area contributed by atoms with Gasteiger partial charge in [-0.1, -0.05) is 29.8 Å². The van der Waals surface area contributed by atoms with Crippen LogP contribution in [0.4, 0.5) is 0 Å². The van der Waals surface area contributed by atoms with E-state index in [2.05, 4.69) is 31.0 Å². The summed E-state index contributed by atoms with van der Waals surface area (Å²) in [6.45, 7) is 5.50. The molecule has 0 amide bonds. The van der Waals surface area contributed by atoms with Crippen molar-refractivity contribution < 1.29 is 4.42 Å². The van der Waals surface area contributed by atoms with E-state index in [0.717, 1.165) is 44.0 Å². The Morgan fingerprint density at radius 1 is 0.885 bits per heavy atom. The molecule has 1 aliphatic heterocycles. The molecule has 134 valence electrons. The lowest BCUT2D eigenvalue weighted by atomic mass is 10.2. The fourth-order valence-corrected chi connectivity index (χ4v) is 3.30. The van der Waals surface area contributed by atoms with Gasteiger partial charge < -0.3 is 4.42 Å². The van der Waals surface area contributed by atoms with Gasteiger partial charge in [-0.2, -0.15) is 0 Å². The van der Waals surface area contributed by atoms with Crippen LogP contribution in [0.5, 0.6) is 0 Å². The summed E-state index contributed by atoms with van der Waals surface area (Å²) < 4.78 is 5.80. The Balaban J connectivity index is 1.32. The third-order valence-corrected chi connectivity index (χ3v) is 4.84. The van der Waals surface area contributed by atoms with Crippen LogP contribution in [-0.4, -0.2) is 51.2 Å². The molecule has 2 aromatic heterocycles. The second kappa shape index (κ2) is 7.95. The molecule has 0 unspecified atom stereocenters. The van der Waals surface area contributed by atoms with E-state index < -0.39 is 0 Å². The highest BCUT2D eigenvalue weighted by Crippen LogP contribution is 2.26. The molecular weight excluding hydrogens is 350 g/mol. The summed E-state index contributed by atoms with van der Waals surface area (Å²) in [5.74, 6) is 1.09. The smallest absolute Gasteiger partial charge is 0.249 e. The molecule has 0 N–H and O–H groups in total. The second-order valence-corrected chi connectivity index (χ2v) is 6.76. The summed E-state index contributed by atoms with van der Waals surface area (Å²) in [5, 5.41) is 8.93. The van der Waals surface area contributed by atoms with Gasteiger partial charge in [-0.05, 0) is 24.3 Å². The number of benzene rings is 1. The number of hydrogen-bond donors (Lipinski definition) is 0. The van der Waals surface area contributed by atoms with Crippen molar-refractivity contribution >= 4 is 11.6 Å². The first-order valence-corrected chi connectivity index (χ1v) is 9.07. The first kappa shape index (κ1) is 17.1. The van der Waals surface area contributed by atoms with Gasteiger partial charge in [0, 0.05) is 38.9 Å². The van der Waals surface area contributed by atoms with Crippen molar-refractivity contribution in [3.8, 4) is 11.5 Å². The van der Waals surface area contributed by atoms with Crippen molar-refractivity contribution in [2.24, 2.45) is 0 Å². The summed E-state index contributed by atoms with van der Waals surface area (Å²) in [5.41, 5.74) is 1.88. The van der Waals surface area contributed by atoms with Gasteiger partial charge in [0.2, 0.25) is 11.8 Å². The quantitative estimate of drug-likeness (QED) is 0.688. The largest absolute Gasteiger partial charge is 0.419 e. The fraction of sp³-hybridized carbons (Fsp3) is 0.316. The van der Waals surface area contributed by atoms with Gasteiger partial charge in [-0.15, -0.1) is 10.2 Å². The van der Waals surface area contributed by atoms with Crippen molar-refractivity contribution in [1.82, 2.24) is 25.0 Å². The van der Waals surface area contributed by atoms with Crippen molar-refractivity contribution in [1.29, 1.82) is 0 Å². The molecule has 7 heteroatoms. The van der Waals surface area contributed by atoms with Crippen LogP contribution >= 0.6 is 11.6 Å². The molecule has 1 fully saturated rings. The molecule has 0 bridgehead atoms. The number of nitrogens with zero attached hydrogens (tertiary/aromatic N) is 5. The number of rotatable bonds is 5. The SMILES string of the molecule is Clc1ccccc1-c1nnc(CN2CCN(Cc3ccccn3)CC2)o1. The molecule has 26 heavy (non-hydrogen) atoms. The number of aromatic nitrogens is 3. The van der Waals surface area contributed by atoms with Crippen molar-refractivity contribution in [3.63, 3.8) is 0 Å². The topological polar surface area (TPSA) is 58.3 Å². The van der Waals surface area contributed by atoms with Crippen LogP contribution in [0, 0.1) is 0 Å². The van der Waals surface area contributed by atoms with Gasteiger partial charge >= 0.3 is 0 Å². The fourth-order valence-electron chi connectivity index (χ4n) is 3.08. The minimum absolute atomic E-state index is 0.472. The summed E-state index contributed by atoms with van der Waals surface area (Å²) in [6, 6.07) is 13.5. The van der Waals surface area contributed by atoms with Crippen LogP contribution in [0.15, 0.2) is 53.1 Å². The van der Waals surface area contributed by atoms with Crippen LogP contribution in [0.3, 0.4) is 0 Å². The Morgan fingerprint density at radius 3 is 2.35 bits per heavy atom. The first-order chi connectivity index (χ1) is 12.8. The number of halogens is 1. The lowest BCUT2D eigenvalue weighted by Gasteiger charge is -2.33. The van der Waals surface area contributed by atoms with E-state index in [1.807, 2.05) is 42.6 Å². The molecule has 0 spiro atoms. The molecule has 6 nitrogen and oxygen atoms in total. The van der Waals surface area contributed by atoms with Gasteiger partial charge in [0.1, 0.15) is 0 Å². The molecular formula is C19H20ClN5O. The Hall–Kier alpha value is -2.28. The summed E-state index contributed by atoms with van der Waals surface area (Å²) in [4.78, 5) is 9.15. The Bertz CT molecular complexity index is 846. The summed E-state index contributed by atoms with van der Waals surface area (Å²) in [6.07, 6.45) is 1.84. The third kappa shape index (κ3) is 4.09. The molecule has 3 aromatic rings. The van der Waals surface area contributed by atoms with Crippen molar-refractivity contribution in [3.05, 3.63) is 65.3 Å². The standard InChI is InChI=1S/C19H20ClN5O/c20-17-7-2-1-6-16(17)19-23-22-18(26-19)14-25-11-9-24(10-12-25)13-15-5-3-4-8-21-15/h1-8H,9-14H2. The maximum Gasteiger partial charge on any atom is 0.249 e. The Morgan fingerprint density at radius 2 is 1.62 bits per heavy atom. The molecule has 1 aliphatic rings. The molecule has 4 rings (SSSR count). The number of hydrogen-bond acceptors (Lipinski definition) is 6. The number of piperazine rings is 1. The van der Waals surface area contributed by atoms with E-state index in [1.165, 1.54) is 0 Å². The van der Waals surface area contributed by atoms with E-state index in [-0.39, 0.29) is 0 Å². The molecule has 0 aliphatic carbocycles. The van der Waals surface area contributed by atoms with Crippen LogP contribution in [0.2, 0.25) is 5.02 Å². The number of pyridine rings is 1. The van der Waals surface area contributed by atoms with E-state index in [1.54, 1.807) is 0 Å². The minimum atomic E-state index is 0.472. The molecule has 3 heterocycles. The van der Waals surface area contributed by atoms with Gasteiger partial charge in [0.05, 0.1) is 22.8 Å². The Kier molecular flexibility index (Phi) is 5.24. The zero-order valence-electron chi connectivity index (χ0n) is 14.4. The highest BCUT2D eigenvalue weighted by molar-refractivity contribution is 6.33. The van der Waals surface area contributed by atoms with E-state index in [0.29, 0.717) is 23.3 Å². The average Bonchev–Trinajstić information content (AvgIpc) is 3.13. The monoisotopic (exact) mass is 369 g/mol. The zero-order valence-corrected chi connectivity index (χ0v) is 15.1. The summed E-state index contributed by atoms with van der Waals surface area (Å²) >= 11 is 6.19. The van der Waals surface area contributed by atoms with Crippen LogP contribution in [0.25, 0.3) is 11.5 Å². The van der Waals surface area contributed by atoms with Crippen molar-refractivity contribution in [2.45, 2.75) is 13.1 Å². The minimum Gasteiger partial charge on any atom is -0.419 e. The lowest BCUT2D eigenvalue weighted by molar-refractivity contribution is 0.113. The highest BCUT2D eigenvalue weighted by atomic mass is 35.5. The molecule has 0 radical (unpaired) electrons. The lowest BCUT2D eigenvalue weighted by Crippen LogP contribution is -2.45. The van der Waals surface area contributed by atoms with Crippen molar-refractivity contribution in [2.75, 3.05) is 26.2 Å². The summed E-state index contributed by atoms with van der Waals surface area (Å²) in [7, 11) is 0. The molecule has 1 saturated heterocycles. The van der Waals surface area contributed by atoms with Crippen LogP contribution < -0.4 is 0 Å². The first-order valence-electron chi connectivity index (χ1n) is 8.70. The average molecular weight is 370 g/mol.